The van der Waals surface area contributed by atoms with Crippen LogP contribution >= 0.6 is 11.8 Å². The minimum atomic E-state index is -0.319. The van der Waals surface area contributed by atoms with Crippen molar-refractivity contribution in [3.05, 3.63) is 0 Å². The molecule has 0 aromatic heterocycles. The quantitative estimate of drug-likeness (QED) is 0.696. The molecule has 1 fully saturated rings. The molecule has 1 aliphatic rings. The van der Waals surface area contributed by atoms with Crippen molar-refractivity contribution in [2.45, 2.75) is 38.3 Å². The van der Waals surface area contributed by atoms with Crippen LogP contribution in [0, 0.1) is 5.92 Å². The van der Waals surface area contributed by atoms with E-state index >= 15 is 0 Å². The van der Waals surface area contributed by atoms with Crippen LogP contribution in [0.4, 0.5) is 0 Å². The molecular formula is C10H20N2OS. The van der Waals surface area contributed by atoms with E-state index in [1.807, 2.05) is 6.26 Å². The Kier molecular flexibility index (Phi) is 4.75. The molecule has 2 unspecified atom stereocenters. The van der Waals surface area contributed by atoms with Gasteiger partial charge in [0.05, 0.1) is 6.04 Å². The summed E-state index contributed by atoms with van der Waals surface area (Å²) in [5, 5.41) is 2.99. The van der Waals surface area contributed by atoms with Gasteiger partial charge in [0.1, 0.15) is 0 Å². The molecule has 1 saturated carbocycles. The highest BCUT2D eigenvalue weighted by Gasteiger charge is 2.37. The predicted molar refractivity (Wildman–Crippen MR) is 61.3 cm³/mol. The summed E-state index contributed by atoms with van der Waals surface area (Å²) in [5.41, 5.74) is 5.74. The average molecular weight is 216 g/mol. The summed E-state index contributed by atoms with van der Waals surface area (Å²) in [4.78, 5) is 11.5. The van der Waals surface area contributed by atoms with Gasteiger partial charge in [-0.1, -0.05) is 13.3 Å². The molecule has 0 aliphatic heterocycles. The van der Waals surface area contributed by atoms with Gasteiger partial charge >= 0.3 is 0 Å². The van der Waals surface area contributed by atoms with E-state index in [-0.39, 0.29) is 11.9 Å². The van der Waals surface area contributed by atoms with Crippen LogP contribution < -0.4 is 11.1 Å². The Morgan fingerprint density at radius 3 is 2.93 bits per heavy atom. The zero-order valence-corrected chi connectivity index (χ0v) is 9.77. The molecule has 3 atom stereocenters. The summed E-state index contributed by atoms with van der Waals surface area (Å²) < 4.78 is 0. The average Bonchev–Trinajstić information content (AvgIpc) is 2.92. The van der Waals surface area contributed by atoms with Gasteiger partial charge in [-0.3, -0.25) is 4.79 Å². The van der Waals surface area contributed by atoms with Crippen LogP contribution in [0.1, 0.15) is 26.2 Å². The monoisotopic (exact) mass is 216 g/mol. The van der Waals surface area contributed by atoms with Crippen molar-refractivity contribution in [3.8, 4) is 0 Å². The maximum Gasteiger partial charge on any atom is 0.237 e. The third kappa shape index (κ3) is 3.50. The molecule has 82 valence electrons. The Bertz CT molecular complexity index is 199. The fraction of sp³-hybridized carbons (Fsp3) is 0.900. The van der Waals surface area contributed by atoms with Gasteiger partial charge in [-0.05, 0) is 30.8 Å². The van der Waals surface area contributed by atoms with Crippen LogP contribution in [0.2, 0.25) is 0 Å². The second-order valence-electron chi connectivity index (χ2n) is 3.91. The first-order valence-corrected chi connectivity index (χ1v) is 6.63. The van der Waals surface area contributed by atoms with E-state index < -0.39 is 0 Å². The number of carbonyl (C=O) groups is 1. The molecule has 1 aliphatic carbocycles. The number of hydrogen-bond acceptors (Lipinski definition) is 3. The highest BCUT2D eigenvalue weighted by Crippen LogP contribution is 2.33. The van der Waals surface area contributed by atoms with E-state index in [1.54, 1.807) is 11.8 Å². The molecule has 3 nitrogen and oxygen atoms in total. The maximum absolute atomic E-state index is 11.5. The van der Waals surface area contributed by atoms with E-state index in [9.17, 15) is 4.79 Å². The maximum atomic E-state index is 11.5. The van der Waals surface area contributed by atoms with Crippen molar-refractivity contribution in [2.75, 3.05) is 12.0 Å². The molecule has 0 spiro atoms. The third-order valence-electron chi connectivity index (χ3n) is 2.74. The molecule has 0 aromatic rings. The Balaban J connectivity index is 2.15. The van der Waals surface area contributed by atoms with E-state index in [2.05, 4.69) is 12.2 Å². The van der Waals surface area contributed by atoms with Crippen LogP contribution in [0.15, 0.2) is 0 Å². The number of nitrogens with one attached hydrogen (secondary N) is 1. The summed E-state index contributed by atoms with van der Waals surface area (Å²) in [6.07, 6.45) is 5.09. The van der Waals surface area contributed by atoms with E-state index in [0.717, 1.165) is 25.0 Å². The van der Waals surface area contributed by atoms with Gasteiger partial charge in [-0.15, -0.1) is 0 Å². The zero-order chi connectivity index (χ0) is 10.6. The molecule has 0 bridgehead atoms. The van der Waals surface area contributed by atoms with Gasteiger partial charge in [-0.2, -0.15) is 11.8 Å². The lowest BCUT2D eigenvalue weighted by atomic mass is 10.2. The van der Waals surface area contributed by atoms with Crippen molar-refractivity contribution in [3.63, 3.8) is 0 Å². The lowest BCUT2D eigenvalue weighted by Crippen LogP contribution is -2.42. The van der Waals surface area contributed by atoms with Gasteiger partial charge in [0.15, 0.2) is 0 Å². The van der Waals surface area contributed by atoms with Crippen LogP contribution in [0.3, 0.4) is 0 Å². The van der Waals surface area contributed by atoms with Gasteiger partial charge in [-0.25, -0.2) is 0 Å². The number of hydrogen-bond donors (Lipinski definition) is 2. The van der Waals surface area contributed by atoms with Gasteiger partial charge < -0.3 is 11.1 Å². The summed E-state index contributed by atoms with van der Waals surface area (Å²) >= 11 is 1.73. The van der Waals surface area contributed by atoms with E-state index in [0.29, 0.717) is 12.0 Å². The summed E-state index contributed by atoms with van der Waals surface area (Å²) in [7, 11) is 0. The van der Waals surface area contributed by atoms with Crippen molar-refractivity contribution in [2.24, 2.45) is 11.7 Å². The highest BCUT2D eigenvalue weighted by molar-refractivity contribution is 7.98. The van der Waals surface area contributed by atoms with Crippen LogP contribution in [0.25, 0.3) is 0 Å². The number of thioether (sulfide) groups is 1. The first-order chi connectivity index (χ1) is 6.69. The fourth-order valence-electron chi connectivity index (χ4n) is 1.54. The van der Waals surface area contributed by atoms with Gasteiger partial charge in [0, 0.05) is 6.04 Å². The van der Waals surface area contributed by atoms with Crippen molar-refractivity contribution in [1.82, 2.24) is 5.32 Å². The minimum absolute atomic E-state index is 0.0278. The molecule has 0 saturated heterocycles. The topological polar surface area (TPSA) is 55.1 Å². The minimum Gasteiger partial charge on any atom is -0.352 e. The normalized spacial score (nSPS) is 27.1. The zero-order valence-electron chi connectivity index (χ0n) is 8.95. The lowest BCUT2D eigenvalue weighted by Gasteiger charge is -2.11. The Hall–Kier alpha value is -0.220. The number of amides is 1. The predicted octanol–water partition coefficient (Wildman–Crippen LogP) is 0.982. The third-order valence-corrected chi connectivity index (χ3v) is 3.39. The van der Waals surface area contributed by atoms with Crippen molar-refractivity contribution >= 4 is 17.7 Å². The second-order valence-corrected chi connectivity index (χ2v) is 4.89. The Morgan fingerprint density at radius 2 is 2.43 bits per heavy atom. The molecular weight excluding hydrogens is 196 g/mol. The summed E-state index contributed by atoms with van der Waals surface area (Å²) in [6.45, 7) is 2.16. The smallest absolute Gasteiger partial charge is 0.237 e. The number of rotatable bonds is 6. The largest absolute Gasteiger partial charge is 0.352 e. The van der Waals surface area contributed by atoms with Crippen LogP contribution in [0.5, 0.6) is 0 Å². The van der Waals surface area contributed by atoms with Crippen molar-refractivity contribution in [1.29, 1.82) is 0 Å². The molecule has 1 rings (SSSR count). The molecule has 0 aromatic carbocycles. The molecule has 0 heterocycles. The van der Waals surface area contributed by atoms with Crippen molar-refractivity contribution < 1.29 is 4.79 Å². The summed E-state index contributed by atoms with van der Waals surface area (Å²) in [6, 6.07) is 0.0911. The van der Waals surface area contributed by atoms with Gasteiger partial charge in [0.25, 0.3) is 0 Å². The van der Waals surface area contributed by atoms with E-state index in [4.69, 9.17) is 5.73 Å². The summed E-state index contributed by atoms with van der Waals surface area (Å²) in [5.74, 6) is 1.68. The molecule has 4 heteroatoms. The molecule has 14 heavy (non-hydrogen) atoms. The SMILES string of the molecule is CCC1CC1NC(=O)[C@H](N)CCSC. The number of nitrogens with two attached hydrogens (primary N) is 1. The second kappa shape index (κ2) is 5.61. The Morgan fingerprint density at radius 1 is 1.71 bits per heavy atom. The number of carbonyl (C=O) groups excluding carboxylic acids is 1. The van der Waals surface area contributed by atoms with Crippen LogP contribution in [-0.4, -0.2) is 30.0 Å². The molecule has 0 radical (unpaired) electrons. The highest BCUT2D eigenvalue weighted by atomic mass is 32.2. The van der Waals surface area contributed by atoms with Crippen LogP contribution in [-0.2, 0) is 4.79 Å². The Labute approximate surface area is 90.2 Å². The first kappa shape index (κ1) is 11.9. The molecule has 3 N–H and O–H groups in total. The van der Waals surface area contributed by atoms with Gasteiger partial charge in [0.2, 0.25) is 5.91 Å². The van der Waals surface area contributed by atoms with E-state index in [1.165, 1.54) is 0 Å². The first-order valence-electron chi connectivity index (χ1n) is 5.24. The molecule has 1 amide bonds. The fourth-order valence-corrected chi connectivity index (χ4v) is 2.03. The lowest BCUT2D eigenvalue weighted by molar-refractivity contribution is -0.122. The standard InChI is InChI=1S/C10H20N2OS/c1-3-7-6-9(7)12-10(13)8(11)4-5-14-2/h7-9H,3-6,11H2,1-2H3,(H,12,13)/t7?,8-,9?/m1/s1.